The highest BCUT2D eigenvalue weighted by atomic mass is 16.2. The minimum absolute atomic E-state index is 0.0932. The average Bonchev–Trinajstić information content (AvgIpc) is 2.67. The number of nitrogens with one attached hydrogen (secondary N) is 1. The highest BCUT2D eigenvalue weighted by molar-refractivity contribution is 6.23. The second-order valence-electron chi connectivity index (χ2n) is 4.06. The summed E-state index contributed by atoms with van der Waals surface area (Å²) in [7, 11) is 0. The van der Waals surface area contributed by atoms with Crippen LogP contribution in [0, 0.1) is 5.92 Å². The number of amides is 1. The first-order valence-corrected chi connectivity index (χ1v) is 5.54. The third-order valence-corrected chi connectivity index (χ3v) is 2.79. The van der Waals surface area contributed by atoms with Gasteiger partial charge in [-0.3, -0.25) is 14.6 Å². The molecule has 1 heterocycles. The van der Waals surface area contributed by atoms with Crippen molar-refractivity contribution in [1.82, 2.24) is 5.32 Å². The van der Waals surface area contributed by atoms with Gasteiger partial charge in [-0.05, 0) is 12.5 Å². The van der Waals surface area contributed by atoms with Gasteiger partial charge in [-0.15, -0.1) is 0 Å². The number of hydrogen-bond acceptors (Lipinski definition) is 3. The molecule has 0 bridgehead atoms. The van der Waals surface area contributed by atoms with Gasteiger partial charge in [-0.2, -0.15) is 0 Å². The third-order valence-electron chi connectivity index (χ3n) is 2.79. The van der Waals surface area contributed by atoms with E-state index in [0.29, 0.717) is 12.3 Å². The molecule has 1 aliphatic rings. The van der Waals surface area contributed by atoms with Gasteiger partial charge in [-0.25, -0.2) is 0 Å². The Morgan fingerprint density at radius 3 is 2.65 bits per heavy atom. The molecule has 1 saturated heterocycles. The molecule has 0 radical (unpaired) electrons. The lowest BCUT2D eigenvalue weighted by atomic mass is 10.0. The summed E-state index contributed by atoms with van der Waals surface area (Å²) in [5, 5.41) is 2.53. The van der Waals surface area contributed by atoms with Gasteiger partial charge >= 0.3 is 0 Å². The van der Waals surface area contributed by atoms with Crippen LogP contribution < -0.4 is 5.32 Å². The zero-order valence-corrected chi connectivity index (χ0v) is 9.64. The van der Waals surface area contributed by atoms with Crippen LogP contribution >= 0.6 is 0 Å². The van der Waals surface area contributed by atoms with E-state index in [2.05, 4.69) is 10.3 Å². The van der Waals surface area contributed by atoms with E-state index in [9.17, 15) is 9.59 Å². The fourth-order valence-corrected chi connectivity index (χ4v) is 1.84. The molecule has 0 aromatic heterocycles. The number of ketones is 1. The van der Waals surface area contributed by atoms with Crippen LogP contribution in [0.25, 0.3) is 0 Å². The second kappa shape index (κ2) is 4.91. The van der Waals surface area contributed by atoms with Crippen LogP contribution in [0.1, 0.15) is 12.5 Å². The number of benzene rings is 1. The highest BCUT2D eigenvalue weighted by Crippen LogP contribution is 2.10. The zero-order chi connectivity index (χ0) is 12.3. The predicted octanol–water partition coefficient (Wildman–Crippen LogP) is 0.963. The van der Waals surface area contributed by atoms with E-state index in [1.807, 2.05) is 30.3 Å². The van der Waals surface area contributed by atoms with Crippen molar-refractivity contribution in [2.75, 3.05) is 6.54 Å². The van der Waals surface area contributed by atoms with E-state index < -0.39 is 5.92 Å². The summed E-state index contributed by atoms with van der Waals surface area (Å²) in [6, 6.07) is 9.75. The van der Waals surface area contributed by atoms with Crippen LogP contribution in [0.4, 0.5) is 0 Å². The molecule has 1 aliphatic heterocycles. The fourth-order valence-electron chi connectivity index (χ4n) is 1.84. The van der Waals surface area contributed by atoms with E-state index in [-0.39, 0.29) is 18.2 Å². The SMILES string of the molecule is CC(=NCc1ccccc1)C1C(=O)CNC1=O. The van der Waals surface area contributed by atoms with Crippen molar-refractivity contribution in [2.24, 2.45) is 10.9 Å². The topological polar surface area (TPSA) is 58.5 Å². The van der Waals surface area contributed by atoms with Crippen molar-refractivity contribution in [1.29, 1.82) is 0 Å². The van der Waals surface area contributed by atoms with Crippen molar-refractivity contribution in [3.63, 3.8) is 0 Å². The number of carbonyl (C=O) groups is 2. The van der Waals surface area contributed by atoms with Gasteiger partial charge in [0.25, 0.3) is 0 Å². The molecule has 1 atom stereocenters. The highest BCUT2D eigenvalue weighted by Gasteiger charge is 2.34. The maximum Gasteiger partial charge on any atom is 0.236 e. The number of aliphatic imine (C=N–C) groups is 1. The van der Waals surface area contributed by atoms with Crippen LogP contribution in [0.3, 0.4) is 0 Å². The van der Waals surface area contributed by atoms with Crippen molar-refractivity contribution in [3.8, 4) is 0 Å². The number of Topliss-reactive ketones (excluding diaryl/α,β-unsaturated/α-hetero) is 1. The lowest BCUT2D eigenvalue weighted by molar-refractivity contribution is -0.124. The van der Waals surface area contributed by atoms with E-state index in [1.54, 1.807) is 6.92 Å². The summed E-state index contributed by atoms with van der Waals surface area (Å²) in [5.74, 6) is -1.01. The molecule has 4 heteroatoms. The monoisotopic (exact) mass is 230 g/mol. The minimum Gasteiger partial charge on any atom is -0.348 e. The van der Waals surface area contributed by atoms with E-state index in [4.69, 9.17) is 0 Å². The largest absolute Gasteiger partial charge is 0.348 e. The van der Waals surface area contributed by atoms with Crippen LogP contribution in [-0.4, -0.2) is 23.9 Å². The van der Waals surface area contributed by atoms with Crippen molar-refractivity contribution < 1.29 is 9.59 Å². The molecule has 1 unspecified atom stereocenters. The maximum absolute atomic E-state index is 11.5. The number of hydrogen-bond donors (Lipinski definition) is 1. The predicted molar refractivity (Wildman–Crippen MR) is 64.8 cm³/mol. The van der Waals surface area contributed by atoms with Crippen LogP contribution in [-0.2, 0) is 16.1 Å². The fraction of sp³-hybridized carbons (Fsp3) is 0.308. The van der Waals surface area contributed by atoms with Gasteiger partial charge in [0.2, 0.25) is 5.91 Å². The molecule has 1 aromatic rings. The Balaban J connectivity index is 2.07. The Bertz CT molecular complexity index is 450. The summed E-state index contributed by atoms with van der Waals surface area (Å²) < 4.78 is 0. The van der Waals surface area contributed by atoms with Gasteiger partial charge in [0, 0.05) is 5.71 Å². The second-order valence-corrected chi connectivity index (χ2v) is 4.06. The van der Waals surface area contributed by atoms with E-state index >= 15 is 0 Å². The number of nitrogens with zero attached hydrogens (tertiary/aromatic N) is 1. The lowest BCUT2D eigenvalue weighted by Crippen LogP contribution is -2.26. The Morgan fingerprint density at radius 1 is 1.35 bits per heavy atom. The summed E-state index contributed by atoms with van der Waals surface area (Å²) in [5.41, 5.74) is 1.66. The third kappa shape index (κ3) is 2.58. The average molecular weight is 230 g/mol. The van der Waals surface area contributed by atoms with Crippen molar-refractivity contribution >= 4 is 17.4 Å². The molecule has 88 valence electrons. The molecule has 1 amide bonds. The quantitative estimate of drug-likeness (QED) is 0.621. The Morgan fingerprint density at radius 2 is 2.06 bits per heavy atom. The Kier molecular flexibility index (Phi) is 3.32. The lowest BCUT2D eigenvalue weighted by Gasteiger charge is -2.05. The number of rotatable bonds is 3. The van der Waals surface area contributed by atoms with Crippen LogP contribution in [0.15, 0.2) is 35.3 Å². The van der Waals surface area contributed by atoms with Crippen LogP contribution in [0.5, 0.6) is 0 Å². The molecule has 1 N–H and O–H groups in total. The van der Waals surface area contributed by atoms with Gasteiger partial charge in [0.15, 0.2) is 5.78 Å². The smallest absolute Gasteiger partial charge is 0.236 e. The van der Waals surface area contributed by atoms with Crippen molar-refractivity contribution in [3.05, 3.63) is 35.9 Å². The van der Waals surface area contributed by atoms with Gasteiger partial charge in [0.05, 0.1) is 13.1 Å². The first-order chi connectivity index (χ1) is 8.18. The summed E-state index contributed by atoms with van der Waals surface area (Å²) in [6.07, 6.45) is 0. The first-order valence-electron chi connectivity index (χ1n) is 5.54. The number of carbonyl (C=O) groups excluding carboxylic acids is 2. The molecule has 0 saturated carbocycles. The summed E-state index contributed by atoms with van der Waals surface area (Å²) in [6.45, 7) is 2.36. The molecule has 1 fully saturated rings. The molecule has 4 nitrogen and oxygen atoms in total. The van der Waals surface area contributed by atoms with E-state index in [1.165, 1.54) is 0 Å². The van der Waals surface area contributed by atoms with E-state index in [0.717, 1.165) is 5.56 Å². The first kappa shape index (κ1) is 11.5. The van der Waals surface area contributed by atoms with Gasteiger partial charge in [-0.1, -0.05) is 30.3 Å². The molecular weight excluding hydrogens is 216 g/mol. The molecule has 0 aliphatic carbocycles. The summed E-state index contributed by atoms with van der Waals surface area (Å²) >= 11 is 0. The molecule has 2 rings (SSSR count). The molecule has 1 aromatic carbocycles. The Hall–Kier alpha value is -1.97. The standard InChI is InChI=1S/C13H14N2O2/c1-9(12-11(16)8-15-13(12)17)14-7-10-5-3-2-4-6-10/h2-6,12H,7-8H2,1H3,(H,15,17). The van der Waals surface area contributed by atoms with Crippen LogP contribution in [0.2, 0.25) is 0 Å². The molecular formula is C13H14N2O2. The van der Waals surface area contributed by atoms with Gasteiger partial charge < -0.3 is 5.32 Å². The van der Waals surface area contributed by atoms with Gasteiger partial charge in [0.1, 0.15) is 5.92 Å². The normalized spacial score (nSPS) is 20.5. The minimum atomic E-state index is -0.682. The zero-order valence-electron chi connectivity index (χ0n) is 9.64. The molecule has 0 spiro atoms. The summed E-state index contributed by atoms with van der Waals surface area (Å²) in [4.78, 5) is 27.2. The van der Waals surface area contributed by atoms with Crippen molar-refractivity contribution in [2.45, 2.75) is 13.5 Å². The molecule has 17 heavy (non-hydrogen) atoms. The Labute approximate surface area is 99.7 Å². The maximum atomic E-state index is 11.5.